The van der Waals surface area contributed by atoms with Crippen molar-refractivity contribution < 1.29 is 98.8 Å². The molecule has 0 unspecified atom stereocenters. The van der Waals surface area contributed by atoms with Crippen LogP contribution in [0.25, 0.3) is 55.7 Å². The molecule has 0 saturated heterocycles. The number of aryl methyl sites for hydroxylation is 4. The first-order valence-electron chi connectivity index (χ1n) is 32.2. The molecule has 0 bridgehead atoms. The van der Waals surface area contributed by atoms with Crippen LogP contribution in [0.3, 0.4) is 0 Å². The first kappa shape index (κ1) is 76.7. The molecule has 6 aromatic heterocycles. The standard InChI is InChI=1S/C31H30F4N6O2.C30H28F4N6O.C9H20ClO4P.Na.H/c1-4-18-7-6-8-19(5-2)26(18)41-27(22-13-24(32)29(43-3)28-21(22)9-11-40(28)17-42)23-16-39(12-10-25(23)38-41)30-36-14-20(15-37-30)31(33,34)35;1-4-17-7-6-8-18(5-2)26(17)40-27(21-13-23(31)28(41-3)25-20(21)9-11-35-25)22-16-39(12-10-24(22)38-40)29-36-14-19(15-37-29)30(32,33)34;1-8(2,3)13-15(11,12-7-10)14-9(4,5)6;;/h6-9,11,13-15,42H,4-5,10,12,16-17H2,1-3H3;6-9,11,13-15,35H,4-5,10,12,16H2,1-3H3;7H2,1-6H3;;/q;;;+1;-1. The number of alkyl halides is 7. The largest absolute Gasteiger partial charge is 1.00 e. The van der Waals surface area contributed by atoms with Crippen LogP contribution >= 0.6 is 19.4 Å². The number of halogens is 9. The van der Waals surface area contributed by atoms with Gasteiger partial charge in [0, 0.05) is 109 Å². The Bertz CT molecular complexity index is 4530. The molecule has 8 heterocycles. The first-order chi connectivity index (χ1) is 46.9. The van der Waals surface area contributed by atoms with Crippen molar-refractivity contribution in [3.05, 3.63) is 165 Å². The minimum Gasteiger partial charge on any atom is -1.00 e. The second-order valence-corrected chi connectivity index (χ2v) is 27.2. The van der Waals surface area contributed by atoms with E-state index in [4.69, 9.17) is 44.8 Å². The molecule has 4 aromatic carbocycles. The van der Waals surface area contributed by atoms with Crippen LogP contribution in [0.2, 0.25) is 0 Å². The van der Waals surface area contributed by atoms with Crippen LogP contribution in [0.1, 0.15) is 127 Å². The number of aromatic nitrogens is 10. The zero-order chi connectivity index (χ0) is 71.7. The number of rotatable bonds is 17. The number of nitrogens with one attached hydrogen (secondary N) is 1. The zero-order valence-corrected chi connectivity index (χ0v) is 61.5. The Balaban J connectivity index is 0.000000211. The number of anilines is 2. The fourth-order valence-corrected chi connectivity index (χ4v) is 14.4. The maximum atomic E-state index is 15.7. The Morgan fingerprint density at radius 2 is 1.03 bits per heavy atom. The maximum absolute atomic E-state index is 15.7. The Kier molecular flexibility index (Phi) is 23.8. The Morgan fingerprint density at radius 1 is 0.620 bits per heavy atom. The van der Waals surface area contributed by atoms with Gasteiger partial charge >= 0.3 is 49.7 Å². The summed E-state index contributed by atoms with van der Waals surface area (Å²) >= 11 is 5.39. The molecule has 0 radical (unpaired) electrons. The first-order valence-corrected chi connectivity index (χ1v) is 34.2. The van der Waals surface area contributed by atoms with E-state index in [-0.39, 0.29) is 73.7 Å². The number of benzene rings is 4. The second kappa shape index (κ2) is 31.0. The quantitative estimate of drug-likeness (QED) is 0.0377. The summed E-state index contributed by atoms with van der Waals surface area (Å²) < 4.78 is 154. The number of nitrogens with zero attached hydrogens (tertiary/aromatic N) is 11. The van der Waals surface area contributed by atoms with Gasteiger partial charge in [-0.15, -0.1) is 0 Å². The van der Waals surface area contributed by atoms with Gasteiger partial charge in [-0.05, 0) is 114 Å². The molecule has 0 spiro atoms. The molecule has 2 aliphatic rings. The summed E-state index contributed by atoms with van der Waals surface area (Å²) in [6, 6.07) is 18.6. The Hall–Kier alpha value is -7.46. The molecule has 0 aliphatic carbocycles. The number of phosphoric ester groups is 1. The van der Waals surface area contributed by atoms with E-state index in [1.54, 1.807) is 64.9 Å². The van der Waals surface area contributed by atoms with Gasteiger partial charge in [0.05, 0.1) is 81.7 Å². The summed E-state index contributed by atoms with van der Waals surface area (Å²) in [4.78, 5) is 22.8. The number of aliphatic hydroxyl groups excluding tert-OH is 1. The van der Waals surface area contributed by atoms with Gasteiger partial charge < -0.3 is 35.4 Å². The SMILES string of the molecule is CC(C)(C)OP(=O)(OCCl)OC(C)(C)C.CCc1cccc(CC)c1-n1nc2c(c1-c1cc(F)c(OC)c3[nH]ccc13)CN(c1ncc(C(F)(F)F)cn1)CC2.CCc1cccc(CC)c1-n1nc2c(c1-c1cc(F)c(OC)c3c1ccn3CO)CN(c1ncc(C(F)(F)F)cn1)CC2.[H-].[Na+]. The molecule has 0 atom stereocenters. The number of H-pyrrole nitrogens is 1. The smallest absolute Gasteiger partial charge is 1.00 e. The molecule has 10 aromatic rings. The molecule has 12 rings (SSSR count). The van der Waals surface area contributed by atoms with Crippen LogP contribution in [0.15, 0.2) is 97.8 Å². The molecule has 2 N–H and O–H groups in total. The van der Waals surface area contributed by atoms with Crippen LogP contribution in [0.4, 0.5) is 47.0 Å². The van der Waals surface area contributed by atoms with Crippen molar-refractivity contribution in [3.8, 4) is 45.4 Å². The van der Waals surface area contributed by atoms with E-state index in [9.17, 15) is 36.0 Å². The number of hydrogen-bond acceptors (Lipinski definition) is 15. The zero-order valence-electron chi connectivity index (χ0n) is 58.9. The summed E-state index contributed by atoms with van der Waals surface area (Å²) in [5.74, 6) is -0.621. The molecule has 530 valence electrons. The number of phosphoric acid groups is 1. The van der Waals surface area contributed by atoms with Crippen molar-refractivity contribution in [1.29, 1.82) is 0 Å². The number of hydrogen-bond donors (Lipinski definition) is 2. The molecular formula is C70H79ClF8N12NaO7P. The van der Waals surface area contributed by atoms with E-state index < -0.39 is 54.1 Å². The van der Waals surface area contributed by atoms with Crippen LogP contribution in [-0.2, 0) is 88.8 Å². The molecule has 0 fully saturated rings. The summed E-state index contributed by atoms with van der Waals surface area (Å²) in [6.07, 6.45) is 1.55. The predicted octanol–water partition coefficient (Wildman–Crippen LogP) is 13.8. The minimum absolute atomic E-state index is 0. The normalized spacial score (nSPS) is 13.5. The van der Waals surface area contributed by atoms with Crippen molar-refractivity contribution in [1.82, 2.24) is 49.0 Å². The molecule has 2 aliphatic heterocycles. The van der Waals surface area contributed by atoms with Gasteiger partial charge in [-0.3, -0.25) is 13.6 Å². The van der Waals surface area contributed by atoms with Gasteiger partial charge in [-0.25, -0.2) is 42.6 Å². The molecule has 19 nitrogen and oxygen atoms in total. The van der Waals surface area contributed by atoms with E-state index in [2.05, 4.69) is 64.7 Å². The molecule has 0 saturated carbocycles. The monoisotopic (exact) mass is 1440 g/mol. The molecule has 100 heavy (non-hydrogen) atoms. The maximum Gasteiger partial charge on any atom is 1.00 e. The fraction of sp³-hybridized carbons (Fsp3) is 0.400. The Morgan fingerprint density at radius 3 is 1.40 bits per heavy atom. The van der Waals surface area contributed by atoms with Crippen molar-refractivity contribution in [2.45, 2.75) is 151 Å². The average molecular weight is 1440 g/mol. The number of aliphatic hydroxyl groups is 1. The third-order valence-electron chi connectivity index (χ3n) is 16.7. The van der Waals surface area contributed by atoms with Gasteiger partial charge in [-0.1, -0.05) is 75.7 Å². The third-order valence-corrected chi connectivity index (χ3v) is 18.9. The van der Waals surface area contributed by atoms with Crippen molar-refractivity contribution in [3.63, 3.8) is 0 Å². The van der Waals surface area contributed by atoms with Gasteiger partial charge in [0.2, 0.25) is 11.9 Å². The summed E-state index contributed by atoms with van der Waals surface area (Å²) in [5.41, 5.74) is 9.95. The van der Waals surface area contributed by atoms with E-state index >= 15 is 8.78 Å². The Labute approximate surface area is 602 Å². The topological polar surface area (TPSA) is 198 Å². The van der Waals surface area contributed by atoms with Crippen LogP contribution in [0, 0.1) is 11.6 Å². The number of aromatic amines is 1. The average Bonchev–Trinajstić information content (AvgIpc) is 1.60. The number of ether oxygens (including phenoxy) is 2. The van der Waals surface area contributed by atoms with Gasteiger partial charge in [0.1, 0.15) is 12.8 Å². The minimum atomic E-state index is -4.54. The summed E-state index contributed by atoms with van der Waals surface area (Å²) in [5, 5.41) is 21.6. The predicted molar refractivity (Wildman–Crippen MR) is 364 cm³/mol. The molecule has 0 amide bonds. The van der Waals surface area contributed by atoms with Crippen LogP contribution in [0.5, 0.6) is 11.5 Å². The van der Waals surface area contributed by atoms with E-state index in [1.807, 2.05) is 44.6 Å². The summed E-state index contributed by atoms with van der Waals surface area (Å²) in [6.45, 7) is 20.0. The van der Waals surface area contributed by atoms with E-state index in [0.29, 0.717) is 65.7 Å². The van der Waals surface area contributed by atoms with Gasteiger partial charge in [0.25, 0.3) is 0 Å². The van der Waals surface area contributed by atoms with E-state index in [0.717, 1.165) is 118 Å². The van der Waals surface area contributed by atoms with E-state index in [1.165, 1.54) is 30.9 Å². The van der Waals surface area contributed by atoms with Gasteiger partial charge in [-0.2, -0.15) is 36.5 Å². The summed E-state index contributed by atoms with van der Waals surface area (Å²) in [7, 11) is -0.786. The second-order valence-electron chi connectivity index (χ2n) is 25.4. The number of para-hydroxylation sites is 2. The van der Waals surface area contributed by atoms with Crippen molar-refractivity contribution in [2.75, 3.05) is 43.2 Å². The molecule has 30 heteroatoms. The van der Waals surface area contributed by atoms with Crippen molar-refractivity contribution in [2.24, 2.45) is 0 Å². The van der Waals surface area contributed by atoms with Crippen LogP contribution in [-0.4, -0.2) is 98.7 Å². The number of methoxy groups -OCH3 is 2. The van der Waals surface area contributed by atoms with Crippen molar-refractivity contribution >= 4 is 53.1 Å². The van der Waals surface area contributed by atoms with Gasteiger partial charge in [0.15, 0.2) is 23.1 Å². The fourth-order valence-electron chi connectivity index (χ4n) is 12.4. The number of fused-ring (bicyclic) bond motifs is 4. The third kappa shape index (κ3) is 16.2. The molecular weight excluding hydrogens is 1360 g/mol. The van der Waals surface area contributed by atoms with Crippen LogP contribution < -0.4 is 48.8 Å².